The van der Waals surface area contributed by atoms with E-state index < -0.39 is 0 Å². The Balaban J connectivity index is 1.79. The lowest BCUT2D eigenvalue weighted by Gasteiger charge is -2.42. The summed E-state index contributed by atoms with van der Waals surface area (Å²) in [6.45, 7) is 14.3. The SMILES string of the molecule is CCN(c1cc(Cl)cc(C(=O)NCC2C(=O)NC(C)CC2C)c1C)C1CCOC(C)(C)C1. The molecule has 0 aromatic heterocycles. The van der Waals surface area contributed by atoms with Gasteiger partial charge < -0.3 is 20.3 Å². The molecule has 2 fully saturated rings. The zero-order valence-electron chi connectivity index (χ0n) is 20.3. The molecular weight excluding hydrogens is 426 g/mol. The third-order valence-corrected chi connectivity index (χ3v) is 7.19. The topological polar surface area (TPSA) is 70.7 Å². The molecule has 4 atom stereocenters. The average Bonchev–Trinajstić information content (AvgIpc) is 2.69. The predicted octanol–water partition coefficient (Wildman–Crippen LogP) is 4.32. The van der Waals surface area contributed by atoms with Crippen molar-refractivity contribution >= 4 is 29.1 Å². The van der Waals surface area contributed by atoms with Gasteiger partial charge in [0.05, 0.1) is 11.5 Å². The van der Waals surface area contributed by atoms with Gasteiger partial charge in [0.1, 0.15) is 0 Å². The Kier molecular flexibility index (Phi) is 7.77. The van der Waals surface area contributed by atoms with Crippen LogP contribution in [0.3, 0.4) is 0 Å². The number of carbonyl (C=O) groups excluding carboxylic acids is 2. The zero-order valence-corrected chi connectivity index (χ0v) is 21.0. The average molecular weight is 464 g/mol. The van der Waals surface area contributed by atoms with Crippen molar-refractivity contribution < 1.29 is 14.3 Å². The van der Waals surface area contributed by atoms with Crippen molar-refractivity contribution in [2.75, 3.05) is 24.6 Å². The maximum absolute atomic E-state index is 13.1. The van der Waals surface area contributed by atoms with Crippen molar-refractivity contribution in [2.24, 2.45) is 11.8 Å². The van der Waals surface area contributed by atoms with Crippen LogP contribution in [0.15, 0.2) is 12.1 Å². The molecule has 178 valence electrons. The van der Waals surface area contributed by atoms with Gasteiger partial charge in [-0.25, -0.2) is 0 Å². The number of benzene rings is 1. The van der Waals surface area contributed by atoms with E-state index in [0.29, 0.717) is 23.2 Å². The van der Waals surface area contributed by atoms with Crippen LogP contribution in [0.5, 0.6) is 0 Å². The fourth-order valence-electron chi connectivity index (χ4n) is 5.27. The highest BCUT2D eigenvalue weighted by molar-refractivity contribution is 6.31. The summed E-state index contributed by atoms with van der Waals surface area (Å²) >= 11 is 6.48. The third-order valence-electron chi connectivity index (χ3n) is 6.97. The smallest absolute Gasteiger partial charge is 0.251 e. The number of hydrogen-bond donors (Lipinski definition) is 2. The van der Waals surface area contributed by atoms with E-state index in [9.17, 15) is 9.59 Å². The fourth-order valence-corrected chi connectivity index (χ4v) is 5.48. The predicted molar refractivity (Wildman–Crippen MR) is 129 cm³/mol. The maximum Gasteiger partial charge on any atom is 0.251 e. The van der Waals surface area contributed by atoms with Crippen LogP contribution in [0.2, 0.25) is 5.02 Å². The monoisotopic (exact) mass is 463 g/mol. The van der Waals surface area contributed by atoms with Crippen LogP contribution in [0.4, 0.5) is 5.69 Å². The lowest BCUT2D eigenvalue weighted by molar-refractivity contribution is -0.129. The number of amides is 2. The first-order chi connectivity index (χ1) is 15.0. The summed E-state index contributed by atoms with van der Waals surface area (Å²) in [5, 5.41) is 6.52. The van der Waals surface area contributed by atoms with Gasteiger partial charge in [0.25, 0.3) is 5.91 Å². The fraction of sp³-hybridized carbons (Fsp3) is 0.680. The van der Waals surface area contributed by atoms with Gasteiger partial charge in [-0.2, -0.15) is 0 Å². The van der Waals surface area contributed by atoms with E-state index >= 15 is 0 Å². The van der Waals surface area contributed by atoms with Crippen LogP contribution in [0.1, 0.15) is 69.8 Å². The Morgan fingerprint density at radius 1 is 1.34 bits per heavy atom. The summed E-state index contributed by atoms with van der Waals surface area (Å²) in [5.74, 6) is -0.166. The standard InChI is InChI=1S/C25H38ClN3O3/c1-7-29(19-8-9-32-25(5,6)13-19)22-12-18(26)11-20(17(22)4)23(30)27-14-21-15(2)10-16(3)28-24(21)31/h11-12,15-16,19,21H,7-10,13-14H2,1-6H3,(H,27,30)(H,28,31). The number of piperidine rings is 1. The van der Waals surface area contributed by atoms with E-state index in [1.807, 2.05) is 19.9 Å². The Hall–Kier alpha value is -1.79. The second-order valence-electron chi connectivity index (χ2n) is 10.1. The molecule has 2 saturated heterocycles. The van der Waals surface area contributed by atoms with E-state index in [1.54, 1.807) is 6.07 Å². The Bertz CT molecular complexity index is 857. The van der Waals surface area contributed by atoms with Crippen molar-refractivity contribution in [1.29, 1.82) is 0 Å². The van der Waals surface area contributed by atoms with E-state index in [1.165, 1.54) is 0 Å². The highest BCUT2D eigenvalue weighted by Crippen LogP contribution is 2.34. The molecule has 0 spiro atoms. The number of nitrogens with zero attached hydrogens (tertiary/aromatic N) is 1. The van der Waals surface area contributed by atoms with E-state index in [0.717, 1.165) is 43.7 Å². The van der Waals surface area contributed by atoms with Gasteiger partial charge in [-0.15, -0.1) is 0 Å². The molecule has 4 unspecified atom stereocenters. The second kappa shape index (κ2) is 10.0. The minimum atomic E-state index is -0.217. The maximum atomic E-state index is 13.1. The van der Waals surface area contributed by atoms with Gasteiger partial charge in [-0.1, -0.05) is 18.5 Å². The number of ether oxygens (including phenoxy) is 1. The number of halogens is 1. The normalized spacial score (nSPS) is 27.5. The lowest BCUT2D eigenvalue weighted by Crippen LogP contribution is -2.50. The van der Waals surface area contributed by atoms with Gasteiger partial charge in [0, 0.05) is 48.1 Å². The molecule has 7 heteroatoms. The molecule has 2 amide bonds. The summed E-state index contributed by atoms with van der Waals surface area (Å²) in [6.07, 6.45) is 2.78. The summed E-state index contributed by atoms with van der Waals surface area (Å²) in [6, 6.07) is 4.18. The van der Waals surface area contributed by atoms with Crippen LogP contribution in [0, 0.1) is 18.8 Å². The molecule has 1 aromatic rings. The summed E-state index contributed by atoms with van der Waals surface area (Å²) < 4.78 is 5.91. The third kappa shape index (κ3) is 5.57. The molecule has 2 aliphatic rings. The minimum Gasteiger partial charge on any atom is -0.375 e. The zero-order chi connectivity index (χ0) is 23.6. The molecular formula is C25H38ClN3O3. The van der Waals surface area contributed by atoms with Crippen molar-refractivity contribution in [1.82, 2.24) is 10.6 Å². The van der Waals surface area contributed by atoms with Gasteiger partial charge in [0.15, 0.2) is 0 Å². The van der Waals surface area contributed by atoms with Gasteiger partial charge >= 0.3 is 0 Å². The van der Waals surface area contributed by atoms with Crippen LogP contribution in [-0.2, 0) is 9.53 Å². The van der Waals surface area contributed by atoms with Crippen LogP contribution >= 0.6 is 11.6 Å². The molecule has 0 bridgehead atoms. The number of nitrogens with one attached hydrogen (secondary N) is 2. The molecule has 2 heterocycles. The Labute approximate surface area is 197 Å². The van der Waals surface area contributed by atoms with Crippen molar-refractivity contribution in [3.8, 4) is 0 Å². The highest BCUT2D eigenvalue weighted by Gasteiger charge is 2.34. The first kappa shape index (κ1) is 24.8. The van der Waals surface area contributed by atoms with Crippen LogP contribution in [-0.4, -0.2) is 49.2 Å². The first-order valence-electron chi connectivity index (χ1n) is 11.8. The van der Waals surface area contributed by atoms with Gasteiger partial charge in [-0.05, 0) is 77.5 Å². The summed E-state index contributed by atoms with van der Waals surface area (Å²) in [4.78, 5) is 27.9. The van der Waals surface area contributed by atoms with E-state index in [2.05, 4.69) is 43.2 Å². The van der Waals surface area contributed by atoms with Crippen molar-refractivity contribution in [3.63, 3.8) is 0 Å². The van der Waals surface area contributed by atoms with Gasteiger partial charge in [0.2, 0.25) is 5.91 Å². The minimum absolute atomic E-state index is 0.0133. The van der Waals surface area contributed by atoms with Crippen molar-refractivity contribution in [2.45, 2.75) is 78.5 Å². The number of rotatable bonds is 6. The molecule has 6 nitrogen and oxygen atoms in total. The number of hydrogen-bond acceptors (Lipinski definition) is 4. The molecule has 32 heavy (non-hydrogen) atoms. The Morgan fingerprint density at radius 2 is 2.06 bits per heavy atom. The second-order valence-corrected chi connectivity index (χ2v) is 10.5. The summed E-state index contributed by atoms with van der Waals surface area (Å²) in [7, 11) is 0. The highest BCUT2D eigenvalue weighted by atomic mass is 35.5. The van der Waals surface area contributed by atoms with Crippen LogP contribution in [0.25, 0.3) is 0 Å². The molecule has 3 rings (SSSR count). The Morgan fingerprint density at radius 3 is 2.69 bits per heavy atom. The molecule has 0 aliphatic carbocycles. The number of carbonyl (C=O) groups is 2. The molecule has 0 saturated carbocycles. The summed E-state index contributed by atoms with van der Waals surface area (Å²) in [5.41, 5.74) is 2.30. The molecule has 2 aliphatic heterocycles. The number of anilines is 1. The molecule has 1 aromatic carbocycles. The van der Waals surface area contributed by atoms with E-state index in [-0.39, 0.29) is 35.3 Å². The molecule has 0 radical (unpaired) electrons. The van der Waals surface area contributed by atoms with Crippen molar-refractivity contribution in [3.05, 3.63) is 28.3 Å². The van der Waals surface area contributed by atoms with E-state index in [4.69, 9.17) is 16.3 Å². The molecule has 2 N–H and O–H groups in total. The van der Waals surface area contributed by atoms with Crippen LogP contribution < -0.4 is 15.5 Å². The quantitative estimate of drug-likeness (QED) is 0.659. The lowest BCUT2D eigenvalue weighted by atomic mass is 9.84. The van der Waals surface area contributed by atoms with Gasteiger partial charge in [-0.3, -0.25) is 9.59 Å². The largest absolute Gasteiger partial charge is 0.375 e. The first-order valence-corrected chi connectivity index (χ1v) is 12.2.